The third kappa shape index (κ3) is 2.34. The predicted octanol–water partition coefficient (Wildman–Crippen LogP) is 4.01. The van der Waals surface area contributed by atoms with Crippen LogP contribution in [0, 0.1) is 11.6 Å². The number of aliphatic hydroxyl groups excluding tert-OH is 1. The van der Waals surface area contributed by atoms with Crippen LogP contribution in [0.5, 0.6) is 0 Å². The zero-order valence-corrected chi connectivity index (χ0v) is 12.7. The van der Waals surface area contributed by atoms with Crippen molar-refractivity contribution in [2.24, 2.45) is 0 Å². The molecule has 120 valence electrons. The second-order valence-electron chi connectivity index (χ2n) is 5.71. The number of aromatic nitrogens is 2. The maximum Gasteiger partial charge on any atom is 0.141 e. The van der Waals surface area contributed by atoms with Crippen LogP contribution in [0.1, 0.15) is 11.1 Å². The van der Waals surface area contributed by atoms with Gasteiger partial charge in [-0.25, -0.2) is 13.8 Å². The number of pyridine rings is 1. The Bertz CT molecular complexity index is 1060. The van der Waals surface area contributed by atoms with Crippen molar-refractivity contribution in [1.82, 2.24) is 9.55 Å². The number of aliphatic hydroxyl groups is 1. The molecular formula is C19H14F2N2O. The number of hydrogen-bond acceptors (Lipinski definition) is 2. The van der Waals surface area contributed by atoms with E-state index >= 15 is 0 Å². The number of hydrogen-bond donors (Lipinski definition) is 1. The molecule has 0 spiro atoms. The van der Waals surface area contributed by atoms with Crippen LogP contribution in [0.4, 0.5) is 8.78 Å². The van der Waals surface area contributed by atoms with Gasteiger partial charge in [0, 0.05) is 22.5 Å². The third-order valence-electron chi connectivity index (χ3n) is 4.18. The SMILES string of the molecule is OCc1cnc2c(c1)c1ccccc1n2Cc1cc(F)ccc1F. The summed E-state index contributed by atoms with van der Waals surface area (Å²) in [6.45, 7) is 0.0834. The normalized spacial score (nSPS) is 11.5. The van der Waals surface area contributed by atoms with Gasteiger partial charge in [0.1, 0.15) is 17.3 Å². The fourth-order valence-corrected chi connectivity index (χ4v) is 3.05. The van der Waals surface area contributed by atoms with Crippen molar-refractivity contribution < 1.29 is 13.9 Å². The topological polar surface area (TPSA) is 38.1 Å². The molecule has 4 aromatic rings. The maximum absolute atomic E-state index is 14.0. The van der Waals surface area contributed by atoms with E-state index in [4.69, 9.17) is 0 Å². The molecule has 2 aromatic carbocycles. The molecule has 3 nitrogen and oxygen atoms in total. The van der Waals surface area contributed by atoms with Gasteiger partial charge in [-0.3, -0.25) is 0 Å². The van der Waals surface area contributed by atoms with Crippen molar-refractivity contribution in [3.8, 4) is 0 Å². The Hall–Kier alpha value is -2.79. The summed E-state index contributed by atoms with van der Waals surface area (Å²) in [7, 11) is 0. The standard InChI is InChI=1S/C19H14F2N2O/c20-14-5-6-17(21)13(8-14)10-23-18-4-2-1-3-15(18)16-7-12(11-24)9-22-19(16)23/h1-9,24H,10-11H2. The summed E-state index contributed by atoms with van der Waals surface area (Å²) in [6.07, 6.45) is 1.60. The molecule has 5 heteroatoms. The van der Waals surface area contributed by atoms with Gasteiger partial charge in [-0.1, -0.05) is 18.2 Å². The summed E-state index contributed by atoms with van der Waals surface area (Å²) in [6, 6.07) is 13.0. The summed E-state index contributed by atoms with van der Waals surface area (Å²) in [5.74, 6) is -0.919. The summed E-state index contributed by atoms with van der Waals surface area (Å²) < 4.78 is 29.4. The lowest BCUT2D eigenvalue weighted by Gasteiger charge is -2.08. The average molecular weight is 324 g/mol. The second kappa shape index (κ2) is 5.69. The van der Waals surface area contributed by atoms with Crippen molar-refractivity contribution in [3.63, 3.8) is 0 Å². The van der Waals surface area contributed by atoms with E-state index < -0.39 is 11.6 Å². The number of para-hydroxylation sites is 1. The minimum Gasteiger partial charge on any atom is -0.392 e. The van der Waals surface area contributed by atoms with Crippen LogP contribution < -0.4 is 0 Å². The van der Waals surface area contributed by atoms with Crippen LogP contribution in [0.3, 0.4) is 0 Å². The number of benzene rings is 2. The number of halogens is 2. The van der Waals surface area contributed by atoms with E-state index in [0.717, 1.165) is 28.4 Å². The molecule has 0 radical (unpaired) electrons. The molecule has 0 unspecified atom stereocenters. The molecule has 0 saturated carbocycles. The predicted molar refractivity (Wildman–Crippen MR) is 88.6 cm³/mol. The molecule has 0 aliphatic heterocycles. The third-order valence-corrected chi connectivity index (χ3v) is 4.18. The first-order valence-corrected chi connectivity index (χ1v) is 7.58. The zero-order chi connectivity index (χ0) is 16.7. The van der Waals surface area contributed by atoms with Crippen molar-refractivity contribution in [2.75, 3.05) is 0 Å². The van der Waals surface area contributed by atoms with Crippen molar-refractivity contribution in [2.45, 2.75) is 13.2 Å². The number of rotatable bonds is 3. The van der Waals surface area contributed by atoms with Gasteiger partial charge in [-0.2, -0.15) is 0 Å². The van der Waals surface area contributed by atoms with E-state index in [1.54, 1.807) is 6.20 Å². The molecule has 4 rings (SSSR count). The highest BCUT2D eigenvalue weighted by Gasteiger charge is 2.14. The summed E-state index contributed by atoms with van der Waals surface area (Å²) in [4.78, 5) is 4.42. The molecule has 0 atom stereocenters. The minimum atomic E-state index is -0.470. The molecule has 0 saturated heterocycles. The van der Waals surface area contributed by atoms with Crippen LogP contribution in [-0.2, 0) is 13.2 Å². The number of fused-ring (bicyclic) bond motifs is 3. The smallest absolute Gasteiger partial charge is 0.141 e. The Kier molecular flexibility index (Phi) is 3.50. The van der Waals surface area contributed by atoms with E-state index in [0.29, 0.717) is 11.2 Å². The Morgan fingerprint density at radius 2 is 1.83 bits per heavy atom. The van der Waals surface area contributed by atoms with Crippen LogP contribution in [0.15, 0.2) is 54.7 Å². The Morgan fingerprint density at radius 1 is 1.00 bits per heavy atom. The molecule has 2 aromatic heterocycles. The van der Waals surface area contributed by atoms with E-state index in [1.807, 2.05) is 34.9 Å². The Balaban J connectivity index is 1.97. The second-order valence-corrected chi connectivity index (χ2v) is 5.71. The fraction of sp³-hybridized carbons (Fsp3) is 0.105. The molecule has 0 fully saturated rings. The lowest BCUT2D eigenvalue weighted by atomic mass is 10.1. The van der Waals surface area contributed by atoms with Gasteiger partial charge >= 0.3 is 0 Å². The maximum atomic E-state index is 14.0. The van der Waals surface area contributed by atoms with E-state index in [2.05, 4.69) is 4.98 Å². The molecule has 0 aliphatic carbocycles. The molecule has 2 heterocycles. The highest BCUT2D eigenvalue weighted by atomic mass is 19.1. The zero-order valence-electron chi connectivity index (χ0n) is 12.7. The fourth-order valence-electron chi connectivity index (χ4n) is 3.05. The van der Waals surface area contributed by atoms with E-state index in [-0.39, 0.29) is 18.7 Å². The van der Waals surface area contributed by atoms with E-state index in [1.165, 1.54) is 6.07 Å². The first-order chi connectivity index (χ1) is 11.7. The summed E-state index contributed by atoms with van der Waals surface area (Å²) >= 11 is 0. The Morgan fingerprint density at radius 3 is 2.67 bits per heavy atom. The molecule has 0 bridgehead atoms. The van der Waals surface area contributed by atoms with Crippen LogP contribution >= 0.6 is 0 Å². The molecule has 0 aliphatic rings. The van der Waals surface area contributed by atoms with Gasteiger partial charge in [0.2, 0.25) is 0 Å². The lowest BCUT2D eigenvalue weighted by Crippen LogP contribution is -2.03. The summed E-state index contributed by atoms with van der Waals surface area (Å²) in [5.41, 5.74) is 2.55. The highest BCUT2D eigenvalue weighted by Crippen LogP contribution is 2.29. The Labute approximate surface area is 136 Å². The van der Waals surface area contributed by atoms with Gasteiger partial charge in [0.25, 0.3) is 0 Å². The largest absolute Gasteiger partial charge is 0.392 e. The van der Waals surface area contributed by atoms with Gasteiger partial charge in [0.05, 0.1) is 18.7 Å². The minimum absolute atomic E-state index is 0.0963. The van der Waals surface area contributed by atoms with Crippen LogP contribution in [-0.4, -0.2) is 14.7 Å². The van der Waals surface area contributed by atoms with Gasteiger partial charge in [-0.15, -0.1) is 0 Å². The molecule has 0 amide bonds. The monoisotopic (exact) mass is 324 g/mol. The van der Waals surface area contributed by atoms with Gasteiger partial charge in [-0.05, 0) is 35.9 Å². The van der Waals surface area contributed by atoms with Crippen molar-refractivity contribution in [3.05, 3.63) is 77.5 Å². The number of nitrogens with zero attached hydrogens (tertiary/aromatic N) is 2. The van der Waals surface area contributed by atoms with E-state index in [9.17, 15) is 13.9 Å². The lowest BCUT2D eigenvalue weighted by molar-refractivity contribution is 0.281. The molecule has 1 N–H and O–H groups in total. The van der Waals surface area contributed by atoms with Crippen molar-refractivity contribution >= 4 is 21.9 Å². The van der Waals surface area contributed by atoms with Gasteiger partial charge < -0.3 is 9.67 Å². The summed E-state index contributed by atoms with van der Waals surface area (Å²) in [5, 5.41) is 11.2. The quantitative estimate of drug-likeness (QED) is 0.618. The van der Waals surface area contributed by atoms with Crippen molar-refractivity contribution in [1.29, 1.82) is 0 Å². The van der Waals surface area contributed by atoms with Crippen LogP contribution in [0.2, 0.25) is 0 Å². The van der Waals surface area contributed by atoms with Gasteiger partial charge in [0.15, 0.2) is 0 Å². The molecule has 24 heavy (non-hydrogen) atoms. The first kappa shape index (κ1) is 14.8. The highest BCUT2D eigenvalue weighted by molar-refractivity contribution is 6.06. The first-order valence-electron chi connectivity index (χ1n) is 7.58. The molecular weight excluding hydrogens is 310 g/mol. The average Bonchev–Trinajstić information content (AvgIpc) is 2.92. The van der Waals surface area contributed by atoms with Crippen LogP contribution in [0.25, 0.3) is 21.9 Å².